The lowest BCUT2D eigenvalue weighted by atomic mass is 10.0. The van der Waals surface area contributed by atoms with Gasteiger partial charge in [-0.2, -0.15) is 0 Å². The molecule has 0 aliphatic carbocycles. The number of nitrogens with zero attached hydrogens (tertiary/aromatic N) is 3. The predicted octanol–water partition coefficient (Wildman–Crippen LogP) is 5.84. The highest BCUT2D eigenvalue weighted by atomic mass is 19.1. The largest absolute Gasteiger partial charge is 0.342 e. The number of benzene rings is 3. The molecule has 2 aliphatic heterocycles. The smallest absolute Gasteiger partial charge is 0.124 e. The fourth-order valence-corrected chi connectivity index (χ4v) is 3.77. The van der Waals surface area contributed by atoms with Crippen LogP contribution in [0, 0.1) is 18.6 Å². The highest BCUT2D eigenvalue weighted by Gasteiger charge is 2.20. The summed E-state index contributed by atoms with van der Waals surface area (Å²) in [5, 5.41) is 9.36. The van der Waals surface area contributed by atoms with Crippen molar-refractivity contribution in [2.75, 3.05) is 0 Å². The minimum atomic E-state index is -0.321. The predicted molar refractivity (Wildman–Crippen MR) is 110 cm³/mol. The topological polar surface area (TPSA) is 30.7 Å². The number of aryl methyl sites for hydroxylation is 1. The van der Waals surface area contributed by atoms with E-state index in [0.717, 1.165) is 22.2 Å². The molecule has 0 unspecified atom stereocenters. The third kappa shape index (κ3) is 3.14. The van der Waals surface area contributed by atoms with Crippen molar-refractivity contribution in [1.82, 2.24) is 14.8 Å². The minimum absolute atomic E-state index is 0.306. The van der Waals surface area contributed by atoms with E-state index < -0.39 is 0 Å². The van der Waals surface area contributed by atoms with Gasteiger partial charge in [0, 0.05) is 29.3 Å². The summed E-state index contributed by atoms with van der Waals surface area (Å²) in [6, 6.07) is 19.2. The second kappa shape index (κ2) is 6.78. The molecule has 3 nitrogen and oxygen atoms in total. The van der Waals surface area contributed by atoms with Crippen LogP contribution in [0.5, 0.6) is 0 Å². The molecule has 0 atom stereocenters. The van der Waals surface area contributed by atoms with Crippen molar-refractivity contribution in [3.8, 4) is 22.5 Å². The van der Waals surface area contributed by atoms with Crippen molar-refractivity contribution in [3.63, 3.8) is 0 Å². The molecule has 0 radical (unpaired) electrons. The molecule has 29 heavy (non-hydrogen) atoms. The van der Waals surface area contributed by atoms with Gasteiger partial charge < -0.3 is 4.57 Å². The Bertz CT molecular complexity index is 1310. The van der Waals surface area contributed by atoms with Crippen LogP contribution in [0.25, 0.3) is 33.4 Å². The summed E-state index contributed by atoms with van der Waals surface area (Å²) in [4.78, 5) is 0. The van der Waals surface area contributed by atoms with Gasteiger partial charge in [-0.25, -0.2) is 8.78 Å². The summed E-state index contributed by atoms with van der Waals surface area (Å²) < 4.78 is 29.5. The molecule has 0 amide bonds. The number of aromatic nitrogens is 3. The molecule has 2 heterocycles. The SMILES string of the molecule is Cc1cccc(Cn2cc3c(-c4ccc(F)cc4)nnc-3c3cc(F)ccc32)c1. The molecule has 0 N–H and O–H groups in total. The lowest BCUT2D eigenvalue weighted by Crippen LogP contribution is -2.04. The fourth-order valence-electron chi connectivity index (χ4n) is 3.77. The fraction of sp³-hybridized carbons (Fsp3) is 0.0833. The summed E-state index contributed by atoms with van der Waals surface area (Å²) in [6.45, 7) is 2.69. The molecule has 0 bridgehead atoms. The molecule has 5 heteroatoms. The van der Waals surface area contributed by atoms with E-state index in [2.05, 4.69) is 39.9 Å². The minimum Gasteiger partial charge on any atom is -0.342 e. The van der Waals surface area contributed by atoms with Crippen LogP contribution in [-0.4, -0.2) is 14.8 Å². The van der Waals surface area contributed by atoms with Gasteiger partial charge in [-0.05, 0) is 55.0 Å². The Balaban J connectivity index is 1.74. The van der Waals surface area contributed by atoms with Crippen LogP contribution in [0.3, 0.4) is 0 Å². The Kier molecular flexibility index (Phi) is 4.09. The molecule has 0 fully saturated rings. The summed E-state index contributed by atoms with van der Waals surface area (Å²) in [7, 11) is 0. The third-order valence-electron chi connectivity index (χ3n) is 5.12. The van der Waals surface area contributed by atoms with Crippen LogP contribution in [0.1, 0.15) is 11.1 Å². The van der Waals surface area contributed by atoms with Gasteiger partial charge in [0.1, 0.15) is 23.0 Å². The molecule has 3 aromatic rings. The first kappa shape index (κ1) is 17.5. The van der Waals surface area contributed by atoms with Crippen LogP contribution >= 0.6 is 0 Å². The first-order chi connectivity index (χ1) is 14.1. The molecule has 3 aromatic carbocycles. The van der Waals surface area contributed by atoms with E-state index in [1.54, 1.807) is 18.2 Å². The first-order valence-corrected chi connectivity index (χ1v) is 9.35. The lowest BCUT2D eigenvalue weighted by Gasteiger charge is -2.15. The van der Waals surface area contributed by atoms with Crippen molar-refractivity contribution < 1.29 is 8.78 Å². The van der Waals surface area contributed by atoms with E-state index in [1.165, 1.54) is 29.8 Å². The van der Waals surface area contributed by atoms with Crippen molar-refractivity contribution in [3.05, 3.63) is 95.7 Å². The standard InChI is InChI=1S/C24H17F2N3/c1-15-3-2-4-16(11-15)13-29-14-21-23(17-5-7-18(25)8-6-17)27-28-24(21)20-12-19(26)9-10-22(20)29/h2-12,14H,13H2,1H3. The Morgan fingerprint density at radius 3 is 2.38 bits per heavy atom. The number of pyridine rings is 1. The zero-order valence-corrected chi connectivity index (χ0v) is 15.7. The first-order valence-electron chi connectivity index (χ1n) is 9.35. The van der Waals surface area contributed by atoms with E-state index in [1.807, 2.05) is 12.3 Å². The van der Waals surface area contributed by atoms with E-state index in [9.17, 15) is 8.78 Å². The number of hydrogen-bond donors (Lipinski definition) is 0. The van der Waals surface area contributed by atoms with Gasteiger partial charge in [0.2, 0.25) is 0 Å². The van der Waals surface area contributed by atoms with Crippen molar-refractivity contribution in [1.29, 1.82) is 0 Å². The van der Waals surface area contributed by atoms with Crippen LogP contribution in [-0.2, 0) is 6.54 Å². The quantitative estimate of drug-likeness (QED) is 0.391. The Morgan fingerprint density at radius 2 is 1.59 bits per heavy atom. The molecule has 2 aliphatic rings. The van der Waals surface area contributed by atoms with Gasteiger partial charge in [-0.1, -0.05) is 29.8 Å². The van der Waals surface area contributed by atoms with Crippen molar-refractivity contribution >= 4 is 10.9 Å². The summed E-state index contributed by atoms with van der Waals surface area (Å²) in [5.41, 5.74) is 6.09. The van der Waals surface area contributed by atoms with E-state index >= 15 is 0 Å². The highest BCUT2D eigenvalue weighted by Crippen LogP contribution is 2.37. The van der Waals surface area contributed by atoms with Crippen LogP contribution in [0.2, 0.25) is 0 Å². The maximum atomic E-state index is 14.1. The monoisotopic (exact) mass is 385 g/mol. The van der Waals surface area contributed by atoms with E-state index in [0.29, 0.717) is 23.3 Å². The molecule has 5 rings (SSSR count). The van der Waals surface area contributed by atoms with Crippen LogP contribution in [0.15, 0.2) is 72.9 Å². The molecule has 0 spiro atoms. The highest BCUT2D eigenvalue weighted by molar-refractivity contribution is 5.98. The maximum Gasteiger partial charge on any atom is 0.124 e. The van der Waals surface area contributed by atoms with E-state index in [-0.39, 0.29) is 11.6 Å². The van der Waals surface area contributed by atoms with E-state index in [4.69, 9.17) is 0 Å². The molecule has 142 valence electrons. The molecule has 0 saturated heterocycles. The van der Waals surface area contributed by atoms with Gasteiger partial charge in [0.05, 0.1) is 5.52 Å². The average Bonchev–Trinajstić information content (AvgIpc) is 3.12. The summed E-state index contributed by atoms with van der Waals surface area (Å²) in [6.07, 6.45) is 2.00. The second-order valence-corrected chi connectivity index (χ2v) is 7.23. The van der Waals surface area contributed by atoms with Crippen molar-refractivity contribution in [2.45, 2.75) is 13.5 Å². The Labute approximate surface area is 166 Å². The van der Waals surface area contributed by atoms with Gasteiger partial charge >= 0.3 is 0 Å². The number of rotatable bonds is 3. The van der Waals surface area contributed by atoms with Crippen LogP contribution in [0.4, 0.5) is 8.78 Å². The molecular weight excluding hydrogens is 368 g/mol. The Morgan fingerprint density at radius 1 is 0.828 bits per heavy atom. The van der Waals surface area contributed by atoms with Gasteiger partial charge in [-0.15, -0.1) is 10.2 Å². The van der Waals surface area contributed by atoms with Crippen LogP contribution < -0.4 is 0 Å². The third-order valence-corrected chi connectivity index (χ3v) is 5.12. The number of fused-ring (bicyclic) bond motifs is 3. The molecular formula is C24H17F2N3. The van der Waals surface area contributed by atoms with Gasteiger partial charge in [-0.3, -0.25) is 0 Å². The summed E-state index contributed by atoms with van der Waals surface area (Å²) in [5.74, 6) is -0.627. The molecule has 0 aromatic heterocycles. The maximum absolute atomic E-state index is 14.1. The molecule has 0 saturated carbocycles. The lowest BCUT2D eigenvalue weighted by molar-refractivity contribution is 0.628. The zero-order chi connectivity index (χ0) is 20.0. The van der Waals surface area contributed by atoms with Gasteiger partial charge in [0.25, 0.3) is 0 Å². The number of halogens is 2. The zero-order valence-electron chi connectivity index (χ0n) is 15.7. The average molecular weight is 385 g/mol. The second-order valence-electron chi connectivity index (χ2n) is 7.23. The number of hydrogen-bond acceptors (Lipinski definition) is 2. The van der Waals surface area contributed by atoms with Gasteiger partial charge in [0.15, 0.2) is 0 Å². The van der Waals surface area contributed by atoms with Crippen molar-refractivity contribution in [2.24, 2.45) is 0 Å². The Hall–Kier alpha value is -3.60. The summed E-state index contributed by atoms with van der Waals surface area (Å²) >= 11 is 0. The normalized spacial score (nSPS) is 11.4.